The summed E-state index contributed by atoms with van der Waals surface area (Å²) < 4.78 is 24.8. The van der Waals surface area contributed by atoms with E-state index >= 15 is 0 Å². The lowest BCUT2D eigenvalue weighted by molar-refractivity contribution is 0.298. The van der Waals surface area contributed by atoms with Gasteiger partial charge in [0.25, 0.3) is 0 Å². The normalized spacial score (nSPS) is 10.7. The summed E-state index contributed by atoms with van der Waals surface area (Å²) in [6.45, 7) is -0.0815. The molecule has 0 amide bonds. The number of phenolic OH excluding ortho intramolecular Hbond substituents is 1. The number of ether oxygens (including phenoxy) is 2. The van der Waals surface area contributed by atoms with Gasteiger partial charge in [0.2, 0.25) is 5.95 Å². The van der Waals surface area contributed by atoms with Crippen LogP contribution in [-0.2, 0) is 6.61 Å². The molecule has 1 aromatic heterocycles. The molecule has 0 bridgehead atoms. The van der Waals surface area contributed by atoms with Crippen molar-refractivity contribution in [3.63, 3.8) is 0 Å². The second-order valence-corrected chi connectivity index (χ2v) is 7.29. The molecular formula is C24H19ClFN3O3. The largest absolute Gasteiger partial charge is 0.507 e. The van der Waals surface area contributed by atoms with Crippen molar-refractivity contribution >= 4 is 17.5 Å². The maximum Gasteiger partial charge on any atom is 0.220 e. The third-order valence-electron chi connectivity index (χ3n) is 4.88. The van der Waals surface area contributed by atoms with Crippen molar-refractivity contribution in [2.45, 2.75) is 6.61 Å². The number of nitrogens with zero attached hydrogens (tertiary/aromatic N) is 2. The Kier molecular flexibility index (Phi) is 6.09. The van der Waals surface area contributed by atoms with Crippen molar-refractivity contribution in [2.75, 3.05) is 12.8 Å². The molecule has 4 rings (SSSR count). The van der Waals surface area contributed by atoms with Crippen molar-refractivity contribution in [1.82, 2.24) is 9.97 Å². The van der Waals surface area contributed by atoms with Crippen molar-refractivity contribution < 1.29 is 19.0 Å². The van der Waals surface area contributed by atoms with Crippen LogP contribution in [0.5, 0.6) is 17.2 Å². The lowest BCUT2D eigenvalue weighted by Gasteiger charge is -2.13. The number of rotatable bonds is 6. The molecule has 0 unspecified atom stereocenters. The Morgan fingerprint density at radius 2 is 1.78 bits per heavy atom. The minimum Gasteiger partial charge on any atom is -0.507 e. The van der Waals surface area contributed by atoms with Gasteiger partial charge in [-0.05, 0) is 42.0 Å². The van der Waals surface area contributed by atoms with Crippen LogP contribution in [0.25, 0.3) is 22.4 Å². The first-order chi connectivity index (χ1) is 15.5. The van der Waals surface area contributed by atoms with Crippen LogP contribution >= 0.6 is 11.6 Å². The Balaban J connectivity index is 1.65. The molecule has 0 radical (unpaired) electrons. The average molecular weight is 452 g/mol. The van der Waals surface area contributed by atoms with E-state index < -0.39 is 5.82 Å². The van der Waals surface area contributed by atoms with E-state index in [1.807, 2.05) is 24.3 Å². The molecule has 0 aliphatic heterocycles. The fourth-order valence-electron chi connectivity index (χ4n) is 3.21. The van der Waals surface area contributed by atoms with Crippen molar-refractivity contribution in [3.05, 3.63) is 83.3 Å². The zero-order chi connectivity index (χ0) is 22.7. The highest BCUT2D eigenvalue weighted by Crippen LogP contribution is 2.38. The van der Waals surface area contributed by atoms with Crippen LogP contribution in [-0.4, -0.2) is 22.2 Å². The van der Waals surface area contributed by atoms with Gasteiger partial charge in [-0.2, -0.15) is 0 Å². The number of methoxy groups -OCH3 is 1. The van der Waals surface area contributed by atoms with E-state index in [9.17, 15) is 9.50 Å². The zero-order valence-electron chi connectivity index (χ0n) is 17.0. The van der Waals surface area contributed by atoms with Gasteiger partial charge >= 0.3 is 0 Å². The van der Waals surface area contributed by atoms with Gasteiger partial charge in [0.15, 0.2) is 0 Å². The third kappa shape index (κ3) is 4.43. The number of anilines is 1. The summed E-state index contributed by atoms with van der Waals surface area (Å²) in [4.78, 5) is 8.43. The fourth-order valence-corrected chi connectivity index (χ4v) is 3.43. The molecule has 0 fully saturated rings. The van der Waals surface area contributed by atoms with Gasteiger partial charge in [0, 0.05) is 29.0 Å². The quantitative estimate of drug-likeness (QED) is 0.403. The molecule has 162 valence electrons. The van der Waals surface area contributed by atoms with Gasteiger partial charge in [-0.1, -0.05) is 29.8 Å². The SMILES string of the molecule is COc1ccc(-c2cnc(N)nc2-c2ccc(OCc3c(F)cccc3Cl)cc2O)cc1. The summed E-state index contributed by atoms with van der Waals surface area (Å²) in [5.41, 5.74) is 8.47. The number of benzene rings is 3. The van der Waals surface area contributed by atoms with Crippen molar-refractivity contribution in [1.29, 1.82) is 0 Å². The van der Waals surface area contributed by atoms with Gasteiger partial charge in [0.1, 0.15) is 29.7 Å². The van der Waals surface area contributed by atoms with Crippen LogP contribution in [0.4, 0.5) is 10.3 Å². The number of aromatic hydroxyl groups is 1. The highest BCUT2D eigenvalue weighted by molar-refractivity contribution is 6.31. The van der Waals surface area contributed by atoms with Crippen LogP contribution in [0.15, 0.2) is 66.9 Å². The summed E-state index contributed by atoms with van der Waals surface area (Å²) >= 11 is 6.04. The number of phenols is 1. The Labute approximate surface area is 189 Å². The highest BCUT2D eigenvalue weighted by atomic mass is 35.5. The second kappa shape index (κ2) is 9.11. The van der Waals surface area contributed by atoms with E-state index in [4.69, 9.17) is 26.8 Å². The maximum atomic E-state index is 14.0. The maximum absolute atomic E-state index is 14.0. The Bertz CT molecular complexity index is 1250. The van der Waals surface area contributed by atoms with E-state index in [2.05, 4.69) is 9.97 Å². The van der Waals surface area contributed by atoms with Crippen LogP contribution < -0.4 is 15.2 Å². The lowest BCUT2D eigenvalue weighted by Crippen LogP contribution is -2.00. The molecule has 3 aromatic carbocycles. The molecule has 0 spiro atoms. The first-order valence-electron chi connectivity index (χ1n) is 9.62. The molecule has 0 aliphatic carbocycles. The lowest BCUT2D eigenvalue weighted by atomic mass is 10.00. The Hall–Kier alpha value is -3.84. The predicted molar refractivity (Wildman–Crippen MR) is 121 cm³/mol. The molecule has 0 aliphatic rings. The van der Waals surface area contributed by atoms with Gasteiger partial charge < -0.3 is 20.3 Å². The number of hydrogen-bond acceptors (Lipinski definition) is 6. The summed E-state index contributed by atoms with van der Waals surface area (Å²) in [6, 6.07) is 16.5. The molecule has 32 heavy (non-hydrogen) atoms. The molecule has 0 atom stereocenters. The fraction of sp³-hybridized carbons (Fsp3) is 0.0833. The minimum atomic E-state index is -0.459. The second-order valence-electron chi connectivity index (χ2n) is 6.89. The van der Waals surface area contributed by atoms with E-state index in [-0.39, 0.29) is 28.9 Å². The van der Waals surface area contributed by atoms with Crippen LogP contribution in [0, 0.1) is 5.82 Å². The van der Waals surface area contributed by atoms with E-state index in [1.165, 1.54) is 18.2 Å². The number of nitrogen functional groups attached to an aromatic ring is 1. The topological polar surface area (TPSA) is 90.5 Å². The summed E-state index contributed by atoms with van der Waals surface area (Å²) in [5, 5.41) is 11.0. The van der Waals surface area contributed by atoms with Crippen LogP contribution in [0.1, 0.15) is 5.56 Å². The summed E-state index contributed by atoms with van der Waals surface area (Å²) in [7, 11) is 1.59. The van der Waals surface area contributed by atoms with Crippen LogP contribution in [0.2, 0.25) is 5.02 Å². The molecule has 0 saturated heterocycles. The first-order valence-corrected chi connectivity index (χ1v) is 10.00. The summed E-state index contributed by atoms with van der Waals surface area (Å²) in [5.74, 6) is 0.602. The monoisotopic (exact) mass is 451 g/mol. The molecule has 3 N–H and O–H groups in total. The molecular weight excluding hydrogens is 433 g/mol. The van der Waals surface area contributed by atoms with E-state index in [0.717, 1.165) is 5.56 Å². The number of aromatic nitrogens is 2. The van der Waals surface area contributed by atoms with Gasteiger partial charge in [-0.15, -0.1) is 0 Å². The van der Waals surface area contributed by atoms with Crippen LogP contribution in [0.3, 0.4) is 0 Å². The first kappa shape index (κ1) is 21.4. The predicted octanol–water partition coefficient (Wildman–Crippen LogP) is 5.48. The standard InChI is InChI=1S/C24H19ClFN3O3/c1-31-15-7-5-14(6-8-15)18-12-28-24(27)29-23(18)17-10-9-16(11-22(17)30)32-13-19-20(25)3-2-4-21(19)26/h2-12,30H,13H2,1H3,(H2,27,28,29). The van der Waals surface area contributed by atoms with Gasteiger partial charge in [0.05, 0.1) is 17.8 Å². The smallest absolute Gasteiger partial charge is 0.220 e. The third-order valence-corrected chi connectivity index (χ3v) is 5.23. The minimum absolute atomic E-state index is 0.0741. The van der Waals surface area contributed by atoms with Gasteiger partial charge in [-0.3, -0.25) is 0 Å². The highest BCUT2D eigenvalue weighted by Gasteiger charge is 2.16. The summed E-state index contributed by atoms with van der Waals surface area (Å²) in [6.07, 6.45) is 1.60. The van der Waals surface area contributed by atoms with E-state index in [1.54, 1.807) is 31.5 Å². The number of halogens is 2. The van der Waals surface area contributed by atoms with Crippen molar-refractivity contribution in [2.24, 2.45) is 0 Å². The molecule has 4 aromatic rings. The number of hydrogen-bond donors (Lipinski definition) is 2. The molecule has 1 heterocycles. The van der Waals surface area contributed by atoms with E-state index in [0.29, 0.717) is 28.3 Å². The molecule has 8 heteroatoms. The number of nitrogens with two attached hydrogens (primary N) is 1. The Morgan fingerprint density at radius 1 is 1.03 bits per heavy atom. The zero-order valence-corrected chi connectivity index (χ0v) is 17.8. The van der Waals surface area contributed by atoms with Crippen molar-refractivity contribution in [3.8, 4) is 39.6 Å². The van der Waals surface area contributed by atoms with Gasteiger partial charge in [-0.25, -0.2) is 14.4 Å². The molecule has 6 nitrogen and oxygen atoms in total. The average Bonchev–Trinajstić information content (AvgIpc) is 2.79. The molecule has 0 saturated carbocycles. The Morgan fingerprint density at radius 3 is 2.47 bits per heavy atom.